The molecule has 1 aliphatic rings. The minimum atomic E-state index is 0. The molecular weight excluding hydrogens is 258 g/mol. The maximum absolute atomic E-state index is 11.8. The molecular formula is C12H12ClNO4. The van der Waals surface area contributed by atoms with Crippen LogP contribution in [-0.2, 0) is 0 Å². The van der Waals surface area contributed by atoms with Crippen molar-refractivity contribution in [3.8, 4) is 23.0 Å². The van der Waals surface area contributed by atoms with E-state index in [-0.39, 0.29) is 25.1 Å². The molecule has 18 heavy (non-hydrogen) atoms. The monoisotopic (exact) mass is 269 g/mol. The maximum atomic E-state index is 11.8. The molecule has 0 atom stereocenters. The summed E-state index contributed by atoms with van der Waals surface area (Å²) < 4.78 is 16.7. The SMILES string of the molecule is Cc1oc(-c2ccc3c(c2)OCO3)[n+]([O-])c1C.Cl. The van der Waals surface area contributed by atoms with E-state index >= 15 is 0 Å². The van der Waals surface area contributed by atoms with Gasteiger partial charge in [0.1, 0.15) is 0 Å². The molecule has 0 fully saturated rings. The van der Waals surface area contributed by atoms with E-state index in [2.05, 4.69) is 0 Å². The van der Waals surface area contributed by atoms with E-state index < -0.39 is 0 Å². The van der Waals surface area contributed by atoms with Crippen molar-refractivity contribution in [3.05, 3.63) is 34.9 Å². The Hall–Kier alpha value is -1.88. The number of benzene rings is 1. The minimum absolute atomic E-state index is 0. The Balaban J connectivity index is 0.00000120. The van der Waals surface area contributed by atoms with E-state index in [1.54, 1.807) is 32.0 Å². The van der Waals surface area contributed by atoms with Crippen molar-refractivity contribution in [2.45, 2.75) is 13.8 Å². The predicted octanol–water partition coefficient (Wildman–Crippen LogP) is 2.35. The number of hydrogen-bond acceptors (Lipinski definition) is 4. The number of nitrogens with zero attached hydrogens (tertiary/aromatic N) is 1. The summed E-state index contributed by atoms with van der Waals surface area (Å²) in [5, 5.41) is 11.8. The maximum Gasteiger partial charge on any atom is 0.392 e. The Labute approximate surface area is 110 Å². The van der Waals surface area contributed by atoms with Gasteiger partial charge in [0.25, 0.3) is 0 Å². The second-order valence-corrected chi connectivity index (χ2v) is 3.91. The van der Waals surface area contributed by atoms with Gasteiger partial charge in [0.15, 0.2) is 17.3 Å². The normalized spacial score (nSPS) is 12.3. The molecule has 0 saturated carbocycles. The average Bonchev–Trinajstić information content (AvgIpc) is 2.89. The first-order chi connectivity index (χ1) is 8.16. The second-order valence-electron chi connectivity index (χ2n) is 3.91. The number of hydrogen-bond donors (Lipinski definition) is 0. The van der Waals surface area contributed by atoms with Gasteiger partial charge in [0, 0.05) is 19.9 Å². The number of halogens is 1. The standard InChI is InChI=1S/C12H11NO4.ClH/c1-7-8(2)17-12(13(7)14)9-3-4-10-11(5-9)16-6-15-10;/h3-5H,6H2,1-2H3;1H. The van der Waals surface area contributed by atoms with Crippen LogP contribution in [0.3, 0.4) is 0 Å². The molecule has 0 unspecified atom stereocenters. The first-order valence-corrected chi connectivity index (χ1v) is 5.26. The second kappa shape index (κ2) is 4.42. The van der Waals surface area contributed by atoms with Crippen LogP contribution in [0.2, 0.25) is 0 Å². The molecule has 0 spiro atoms. The van der Waals surface area contributed by atoms with Crippen LogP contribution in [0.15, 0.2) is 22.6 Å². The molecule has 1 aromatic heterocycles. The summed E-state index contributed by atoms with van der Waals surface area (Å²) in [7, 11) is 0. The summed E-state index contributed by atoms with van der Waals surface area (Å²) in [5.74, 6) is 2.21. The van der Waals surface area contributed by atoms with Crippen molar-refractivity contribution in [1.29, 1.82) is 0 Å². The lowest BCUT2D eigenvalue weighted by atomic mass is 10.2. The summed E-state index contributed by atoms with van der Waals surface area (Å²) in [6.45, 7) is 3.70. The van der Waals surface area contributed by atoms with Crippen molar-refractivity contribution < 1.29 is 18.6 Å². The first kappa shape index (κ1) is 12.6. The van der Waals surface area contributed by atoms with E-state index in [9.17, 15) is 5.21 Å². The lowest BCUT2D eigenvalue weighted by molar-refractivity contribution is -0.602. The van der Waals surface area contributed by atoms with Gasteiger partial charge in [0.05, 0.1) is 5.56 Å². The first-order valence-electron chi connectivity index (χ1n) is 5.26. The molecule has 0 saturated heterocycles. The highest BCUT2D eigenvalue weighted by Crippen LogP contribution is 2.35. The van der Waals surface area contributed by atoms with E-state index in [4.69, 9.17) is 13.9 Å². The summed E-state index contributed by atoms with van der Waals surface area (Å²) in [4.78, 5) is 0. The third-order valence-electron chi connectivity index (χ3n) is 2.87. The molecule has 0 N–H and O–H groups in total. The van der Waals surface area contributed by atoms with Gasteiger partial charge in [-0.25, -0.2) is 0 Å². The summed E-state index contributed by atoms with van der Waals surface area (Å²) >= 11 is 0. The highest BCUT2D eigenvalue weighted by atomic mass is 35.5. The number of fused-ring (bicyclic) bond motifs is 1. The number of ether oxygens (including phenoxy) is 2. The van der Waals surface area contributed by atoms with Gasteiger partial charge in [0.2, 0.25) is 12.5 Å². The highest BCUT2D eigenvalue weighted by molar-refractivity contribution is 5.85. The highest BCUT2D eigenvalue weighted by Gasteiger charge is 2.23. The van der Waals surface area contributed by atoms with Crippen LogP contribution in [0.5, 0.6) is 11.5 Å². The van der Waals surface area contributed by atoms with Crippen molar-refractivity contribution in [2.75, 3.05) is 6.79 Å². The lowest BCUT2D eigenvalue weighted by Gasteiger charge is -1.99. The van der Waals surface area contributed by atoms with E-state index in [1.165, 1.54) is 0 Å². The molecule has 1 aromatic carbocycles. The quantitative estimate of drug-likeness (QED) is 0.589. The zero-order chi connectivity index (χ0) is 12.0. The fourth-order valence-electron chi connectivity index (χ4n) is 1.76. The third kappa shape index (κ3) is 1.76. The molecule has 2 aromatic rings. The van der Waals surface area contributed by atoms with Crippen molar-refractivity contribution in [2.24, 2.45) is 0 Å². The lowest BCUT2D eigenvalue weighted by Crippen LogP contribution is -2.29. The number of rotatable bonds is 1. The van der Waals surface area contributed by atoms with Gasteiger partial charge in [-0.2, -0.15) is 0 Å². The number of aryl methyl sites for hydroxylation is 1. The van der Waals surface area contributed by atoms with Crippen molar-refractivity contribution in [1.82, 2.24) is 0 Å². The molecule has 0 radical (unpaired) electrons. The van der Waals surface area contributed by atoms with Crippen LogP contribution >= 0.6 is 12.4 Å². The van der Waals surface area contributed by atoms with Gasteiger partial charge in [-0.1, -0.05) is 0 Å². The molecule has 0 amide bonds. The molecule has 0 bridgehead atoms. The fraction of sp³-hybridized carbons (Fsp3) is 0.250. The van der Waals surface area contributed by atoms with Gasteiger partial charge >= 0.3 is 5.89 Å². The molecule has 0 aliphatic carbocycles. The van der Waals surface area contributed by atoms with Gasteiger partial charge in [-0.05, 0) is 12.1 Å². The van der Waals surface area contributed by atoms with Crippen molar-refractivity contribution in [3.63, 3.8) is 0 Å². The molecule has 5 nitrogen and oxygen atoms in total. The Morgan fingerprint density at radius 3 is 2.56 bits per heavy atom. The molecule has 1 aliphatic heterocycles. The van der Waals surface area contributed by atoms with Crippen LogP contribution in [0.1, 0.15) is 11.5 Å². The van der Waals surface area contributed by atoms with Crippen LogP contribution in [0.25, 0.3) is 11.5 Å². The van der Waals surface area contributed by atoms with Crippen LogP contribution in [-0.4, -0.2) is 6.79 Å². The molecule has 6 heteroatoms. The zero-order valence-electron chi connectivity index (χ0n) is 9.93. The smallest absolute Gasteiger partial charge is 0.392 e. The van der Waals surface area contributed by atoms with Crippen molar-refractivity contribution >= 4 is 12.4 Å². The molecule has 2 heterocycles. The summed E-state index contributed by atoms with van der Waals surface area (Å²) in [6.07, 6.45) is 0. The van der Waals surface area contributed by atoms with Crippen LogP contribution in [0.4, 0.5) is 0 Å². The average molecular weight is 270 g/mol. The predicted molar refractivity (Wildman–Crippen MR) is 65.9 cm³/mol. The summed E-state index contributed by atoms with van der Waals surface area (Å²) in [6, 6.07) is 5.29. The zero-order valence-corrected chi connectivity index (χ0v) is 10.7. The Morgan fingerprint density at radius 1 is 1.17 bits per heavy atom. The van der Waals surface area contributed by atoms with Gasteiger partial charge < -0.3 is 19.1 Å². The Kier molecular flexibility index (Phi) is 3.09. The summed E-state index contributed by atoms with van der Waals surface area (Å²) in [5.41, 5.74) is 1.25. The fourth-order valence-corrected chi connectivity index (χ4v) is 1.76. The molecule has 96 valence electrons. The Morgan fingerprint density at radius 2 is 1.89 bits per heavy atom. The third-order valence-corrected chi connectivity index (χ3v) is 2.87. The van der Waals surface area contributed by atoms with Crippen LogP contribution in [0, 0.1) is 19.1 Å². The minimum Gasteiger partial charge on any atom is -0.616 e. The number of oxazole rings is 1. The van der Waals surface area contributed by atoms with Gasteiger partial charge in [-0.15, -0.1) is 17.1 Å². The molecule has 3 rings (SSSR count). The van der Waals surface area contributed by atoms with Gasteiger partial charge in [-0.3, -0.25) is 0 Å². The topological polar surface area (TPSA) is 58.5 Å². The van der Waals surface area contributed by atoms with E-state index in [0.717, 1.165) is 4.73 Å². The van der Waals surface area contributed by atoms with E-state index in [1.807, 2.05) is 0 Å². The largest absolute Gasteiger partial charge is 0.616 e. The van der Waals surface area contributed by atoms with Crippen LogP contribution < -0.4 is 14.2 Å². The number of aromatic nitrogens is 1. The Bertz CT molecular complexity index is 594. The van der Waals surface area contributed by atoms with E-state index in [0.29, 0.717) is 28.5 Å².